The molecule has 0 amide bonds. The van der Waals surface area contributed by atoms with E-state index in [1.165, 1.54) is 12.1 Å². The van der Waals surface area contributed by atoms with Crippen molar-refractivity contribution in [2.75, 3.05) is 19.8 Å². The molecule has 4 nitrogen and oxygen atoms in total. The first kappa shape index (κ1) is 16.1. The number of benzene rings is 1. The Bertz CT molecular complexity index is 374. The van der Waals surface area contributed by atoms with E-state index in [0.717, 1.165) is 25.5 Å². The maximum Gasteiger partial charge on any atom is 0.488 e. The number of unbranched alkanes of at least 4 members (excludes halogenated alkanes) is 1. The van der Waals surface area contributed by atoms with Gasteiger partial charge in [0.1, 0.15) is 5.82 Å². The molecule has 0 bridgehead atoms. The van der Waals surface area contributed by atoms with Crippen molar-refractivity contribution in [2.45, 2.75) is 26.4 Å². The van der Waals surface area contributed by atoms with Gasteiger partial charge in [-0.15, -0.1) is 0 Å². The lowest BCUT2D eigenvalue weighted by molar-refractivity contribution is 0.0398. The highest BCUT2D eigenvalue weighted by atomic mass is 19.1. The Morgan fingerprint density at radius 2 is 1.89 bits per heavy atom. The van der Waals surface area contributed by atoms with E-state index in [1.54, 1.807) is 0 Å². The molecule has 0 unspecified atom stereocenters. The van der Waals surface area contributed by atoms with Crippen LogP contribution in [0.3, 0.4) is 0 Å². The van der Waals surface area contributed by atoms with Crippen molar-refractivity contribution in [2.24, 2.45) is 0 Å². The van der Waals surface area contributed by atoms with Gasteiger partial charge in [-0.1, -0.05) is 19.4 Å². The Labute approximate surface area is 113 Å². The lowest BCUT2D eigenvalue weighted by Gasteiger charge is -2.10. The van der Waals surface area contributed by atoms with Gasteiger partial charge in [0.05, 0.1) is 19.8 Å². The van der Waals surface area contributed by atoms with Gasteiger partial charge in [0.2, 0.25) is 0 Å². The SMILES string of the molecule is CCCCOCCOCc1ccc(F)cc1B(O)O. The summed E-state index contributed by atoms with van der Waals surface area (Å²) in [6, 6.07) is 3.85. The minimum Gasteiger partial charge on any atom is -0.423 e. The zero-order valence-corrected chi connectivity index (χ0v) is 11.1. The normalized spacial score (nSPS) is 10.7. The Morgan fingerprint density at radius 1 is 1.16 bits per heavy atom. The standard InChI is InChI=1S/C13H20BFO4/c1-2-3-6-18-7-8-19-10-11-4-5-12(15)9-13(11)14(16)17/h4-5,9,16-17H,2-3,6-8,10H2,1H3. The molecule has 1 rings (SSSR count). The molecule has 0 spiro atoms. The van der Waals surface area contributed by atoms with Crippen molar-refractivity contribution < 1.29 is 23.9 Å². The summed E-state index contributed by atoms with van der Waals surface area (Å²) in [7, 11) is -1.70. The van der Waals surface area contributed by atoms with Crippen molar-refractivity contribution >= 4 is 12.6 Å². The van der Waals surface area contributed by atoms with Crippen LogP contribution in [0.2, 0.25) is 0 Å². The number of ether oxygens (including phenoxy) is 2. The molecule has 0 atom stereocenters. The zero-order valence-electron chi connectivity index (χ0n) is 11.1. The smallest absolute Gasteiger partial charge is 0.423 e. The van der Waals surface area contributed by atoms with Gasteiger partial charge in [-0.2, -0.15) is 0 Å². The van der Waals surface area contributed by atoms with E-state index in [1.807, 2.05) is 0 Å². The molecule has 0 saturated heterocycles. The summed E-state index contributed by atoms with van der Waals surface area (Å²) in [5.41, 5.74) is 0.692. The molecule has 0 saturated carbocycles. The van der Waals surface area contributed by atoms with Gasteiger partial charge in [-0.3, -0.25) is 0 Å². The second-order valence-electron chi connectivity index (χ2n) is 4.24. The van der Waals surface area contributed by atoms with E-state index in [-0.39, 0.29) is 12.1 Å². The fourth-order valence-corrected chi connectivity index (χ4v) is 1.59. The third kappa shape index (κ3) is 6.16. The second-order valence-corrected chi connectivity index (χ2v) is 4.24. The molecule has 2 N–H and O–H groups in total. The Kier molecular flexibility index (Phi) is 7.66. The van der Waals surface area contributed by atoms with Crippen molar-refractivity contribution in [1.29, 1.82) is 0 Å². The van der Waals surface area contributed by atoms with Gasteiger partial charge < -0.3 is 19.5 Å². The Morgan fingerprint density at radius 3 is 2.58 bits per heavy atom. The molecule has 1 aromatic carbocycles. The first-order valence-electron chi connectivity index (χ1n) is 6.45. The van der Waals surface area contributed by atoms with Gasteiger partial charge in [0.15, 0.2) is 0 Å². The van der Waals surface area contributed by atoms with Gasteiger partial charge >= 0.3 is 7.12 Å². The first-order chi connectivity index (χ1) is 9.15. The van der Waals surface area contributed by atoms with Gasteiger partial charge in [0, 0.05) is 6.61 Å². The summed E-state index contributed by atoms with van der Waals surface area (Å²) in [4.78, 5) is 0. The van der Waals surface area contributed by atoms with E-state index < -0.39 is 12.9 Å². The van der Waals surface area contributed by atoms with Crippen LogP contribution in [-0.4, -0.2) is 37.0 Å². The second kappa shape index (κ2) is 9.04. The van der Waals surface area contributed by atoms with Crippen molar-refractivity contribution in [3.63, 3.8) is 0 Å². The lowest BCUT2D eigenvalue weighted by atomic mass is 9.77. The number of hydrogen-bond donors (Lipinski definition) is 2. The van der Waals surface area contributed by atoms with Crippen LogP contribution in [0.25, 0.3) is 0 Å². The Balaban J connectivity index is 2.33. The Hall–Kier alpha value is -0.945. The van der Waals surface area contributed by atoms with Crippen LogP contribution >= 0.6 is 0 Å². The maximum atomic E-state index is 13.0. The molecule has 0 fully saturated rings. The van der Waals surface area contributed by atoms with Crippen molar-refractivity contribution in [1.82, 2.24) is 0 Å². The minimum absolute atomic E-state index is 0.131. The molecule has 19 heavy (non-hydrogen) atoms. The molecular weight excluding hydrogens is 250 g/mol. The quantitative estimate of drug-likeness (QED) is 0.515. The number of halogens is 1. The largest absolute Gasteiger partial charge is 0.488 e. The molecular formula is C13H20BFO4. The fraction of sp³-hybridized carbons (Fsp3) is 0.538. The summed E-state index contributed by atoms with van der Waals surface area (Å²) in [6.07, 6.45) is 2.12. The van der Waals surface area contributed by atoms with E-state index in [4.69, 9.17) is 19.5 Å². The number of hydrogen-bond acceptors (Lipinski definition) is 4. The fourth-order valence-electron chi connectivity index (χ4n) is 1.59. The topological polar surface area (TPSA) is 58.9 Å². The number of rotatable bonds is 9. The summed E-state index contributed by atoms with van der Waals surface area (Å²) < 4.78 is 23.7. The van der Waals surface area contributed by atoms with E-state index in [2.05, 4.69) is 6.92 Å². The highest BCUT2D eigenvalue weighted by molar-refractivity contribution is 6.59. The van der Waals surface area contributed by atoms with Crippen LogP contribution in [0.5, 0.6) is 0 Å². The van der Waals surface area contributed by atoms with E-state index >= 15 is 0 Å². The van der Waals surface area contributed by atoms with Crippen LogP contribution < -0.4 is 5.46 Å². The third-order valence-electron chi connectivity index (χ3n) is 2.66. The van der Waals surface area contributed by atoms with Crippen LogP contribution in [0, 0.1) is 5.82 Å². The van der Waals surface area contributed by atoms with Crippen LogP contribution in [-0.2, 0) is 16.1 Å². The monoisotopic (exact) mass is 270 g/mol. The van der Waals surface area contributed by atoms with Crippen LogP contribution in [0.1, 0.15) is 25.3 Å². The lowest BCUT2D eigenvalue weighted by Crippen LogP contribution is -2.33. The molecule has 6 heteroatoms. The molecule has 0 heterocycles. The van der Waals surface area contributed by atoms with E-state index in [9.17, 15) is 4.39 Å². The highest BCUT2D eigenvalue weighted by Gasteiger charge is 2.16. The van der Waals surface area contributed by atoms with Gasteiger partial charge in [-0.25, -0.2) is 4.39 Å². The summed E-state index contributed by atoms with van der Waals surface area (Å²) in [5, 5.41) is 18.3. The average Bonchev–Trinajstić information content (AvgIpc) is 2.39. The summed E-state index contributed by atoms with van der Waals surface area (Å²) in [6.45, 7) is 3.93. The molecule has 0 radical (unpaired) electrons. The minimum atomic E-state index is -1.70. The molecule has 106 valence electrons. The molecule has 0 aliphatic heterocycles. The predicted molar refractivity (Wildman–Crippen MR) is 71.6 cm³/mol. The first-order valence-corrected chi connectivity index (χ1v) is 6.45. The molecule has 0 aliphatic carbocycles. The van der Waals surface area contributed by atoms with Crippen molar-refractivity contribution in [3.05, 3.63) is 29.6 Å². The molecule has 1 aromatic rings. The highest BCUT2D eigenvalue weighted by Crippen LogP contribution is 2.03. The maximum absolute atomic E-state index is 13.0. The third-order valence-corrected chi connectivity index (χ3v) is 2.66. The van der Waals surface area contributed by atoms with Crippen LogP contribution in [0.15, 0.2) is 18.2 Å². The zero-order chi connectivity index (χ0) is 14.1. The molecule has 0 aliphatic rings. The average molecular weight is 270 g/mol. The van der Waals surface area contributed by atoms with Crippen molar-refractivity contribution in [3.8, 4) is 0 Å². The predicted octanol–water partition coefficient (Wildman–Crippen LogP) is 0.839. The van der Waals surface area contributed by atoms with Crippen LogP contribution in [0.4, 0.5) is 4.39 Å². The van der Waals surface area contributed by atoms with Gasteiger partial charge in [-0.05, 0) is 29.6 Å². The van der Waals surface area contributed by atoms with Gasteiger partial charge in [0.25, 0.3) is 0 Å². The molecule has 0 aromatic heterocycles. The van der Waals surface area contributed by atoms with E-state index in [0.29, 0.717) is 18.8 Å². The summed E-state index contributed by atoms with van der Waals surface area (Å²) >= 11 is 0. The summed E-state index contributed by atoms with van der Waals surface area (Å²) in [5.74, 6) is -0.505.